The molecule has 1 aromatic heterocycles. The van der Waals surface area contributed by atoms with Gasteiger partial charge in [-0.25, -0.2) is 14.4 Å². The number of rotatable bonds is 7. The zero-order valence-electron chi connectivity index (χ0n) is 17.5. The lowest BCUT2D eigenvalue weighted by atomic mass is 9.86. The van der Waals surface area contributed by atoms with Crippen molar-refractivity contribution in [2.75, 3.05) is 38.1 Å². The van der Waals surface area contributed by atoms with Crippen LogP contribution in [0.2, 0.25) is 0 Å². The molecule has 1 unspecified atom stereocenters. The second kappa shape index (κ2) is 9.64. The smallest absolute Gasteiger partial charge is 0.157 e. The van der Waals surface area contributed by atoms with E-state index in [1.165, 1.54) is 6.08 Å². The van der Waals surface area contributed by atoms with E-state index in [1.54, 1.807) is 18.5 Å². The highest BCUT2D eigenvalue weighted by Gasteiger charge is 2.32. The Kier molecular flexibility index (Phi) is 7.52. The van der Waals surface area contributed by atoms with Gasteiger partial charge in [-0.1, -0.05) is 39.1 Å². The summed E-state index contributed by atoms with van der Waals surface area (Å²) in [4.78, 5) is 13.2. The molecule has 0 spiro atoms. The number of pyridine rings is 1. The van der Waals surface area contributed by atoms with Crippen molar-refractivity contribution in [3.8, 4) is 0 Å². The molecule has 1 saturated heterocycles. The van der Waals surface area contributed by atoms with Gasteiger partial charge in [-0.3, -0.25) is 0 Å². The quantitative estimate of drug-likeness (QED) is 0.434. The van der Waals surface area contributed by atoms with Crippen LogP contribution in [0.1, 0.15) is 27.8 Å². The Morgan fingerprint density at radius 1 is 1.43 bits per heavy atom. The largest absolute Gasteiger partial charge is 0.352 e. The number of hydrogen-bond acceptors (Lipinski definition) is 4. The van der Waals surface area contributed by atoms with Crippen molar-refractivity contribution in [3.63, 3.8) is 0 Å². The van der Waals surface area contributed by atoms with E-state index in [4.69, 9.17) is 0 Å². The number of alkyl halides is 1. The lowest BCUT2D eigenvalue weighted by Gasteiger charge is -2.33. The summed E-state index contributed by atoms with van der Waals surface area (Å²) in [7, 11) is 1.90. The fourth-order valence-corrected chi connectivity index (χ4v) is 3.15. The maximum atomic E-state index is 15.1. The van der Waals surface area contributed by atoms with Gasteiger partial charge in [0, 0.05) is 52.6 Å². The van der Waals surface area contributed by atoms with Gasteiger partial charge in [-0.05, 0) is 25.0 Å². The Labute approximate surface area is 169 Å². The predicted molar refractivity (Wildman–Crippen MR) is 118 cm³/mol. The molecule has 28 heavy (non-hydrogen) atoms. The van der Waals surface area contributed by atoms with Crippen LogP contribution >= 0.6 is 0 Å². The summed E-state index contributed by atoms with van der Waals surface area (Å²) in [6, 6.07) is 3.58. The van der Waals surface area contributed by atoms with Gasteiger partial charge in [0.15, 0.2) is 11.5 Å². The Morgan fingerprint density at radius 2 is 2.11 bits per heavy atom. The second-order valence-electron chi connectivity index (χ2n) is 7.21. The van der Waals surface area contributed by atoms with Crippen molar-refractivity contribution in [1.29, 1.82) is 0 Å². The van der Waals surface area contributed by atoms with Crippen LogP contribution in [0, 0.1) is 5.92 Å². The molecule has 0 saturated carbocycles. The third-order valence-electron chi connectivity index (χ3n) is 5.10. The average Bonchev–Trinajstić information content (AvgIpc) is 2.73. The van der Waals surface area contributed by atoms with Crippen LogP contribution in [-0.2, 0) is 5.67 Å². The van der Waals surface area contributed by atoms with Crippen LogP contribution in [0.15, 0.2) is 60.5 Å². The highest BCUT2D eigenvalue weighted by Crippen LogP contribution is 2.35. The van der Waals surface area contributed by atoms with Crippen LogP contribution in [0.25, 0.3) is 0 Å². The van der Waals surface area contributed by atoms with Gasteiger partial charge in [0.2, 0.25) is 0 Å². The van der Waals surface area contributed by atoms with Crippen LogP contribution in [0.4, 0.5) is 10.2 Å². The number of aromatic nitrogens is 1. The number of nitrogens with zero attached hydrogens (tertiary/aromatic N) is 4. The SMILES string of the molecule is C=CC(F)(c1ccc(N(C)C(=C)C(=N/C=C\C)N2CCNCC2)nc1)C(C)C.[HH]. The summed E-state index contributed by atoms with van der Waals surface area (Å²) in [5, 5.41) is 3.35. The van der Waals surface area contributed by atoms with E-state index in [0.717, 1.165) is 37.7 Å². The normalized spacial score (nSPS) is 17.6. The number of anilines is 1. The van der Waals surface area contributed by atoms with Crippen molar-refractivity contribution in [2.45, 2.75) is 26.4 Å². The molecule has 0 amide bonds. The first-order chi connectivity index (χ1) is 13.3. The molecule has 0 radical (unpaired) electrons. The first-order valence-corrected chi connectivity index (χ1v) is 9.71. The minimum atomic E-state index is -1.60. The molecule has 0 bridgehead atoms. The molecule has 5 nitrogen and oxygen atoms in total. The van der Waals surface area contributed by atoms with Gasteiger partial charge >= 0.3 is 0 Å². The average molecular weight is 388 g/mol. The Bertz CT molecular complexity index is 738. The molecule has 6 heteroatoms. The maximum absolute atomic E-state index is 15.1. The number of aliphatic imine (C=N–C) groups is 1. The Hall–Kier alpha value is -2.47. The van der Waals surface area contributed by atoms with Crippen molar-refractivity contribution < 1.29 is 5.82 Å². The minimum absolute atomic E-state index is 0. The monoisotopic (exact) mass is 387 g/mol. The molecule has 154 valence electrons. The fraction of sp³-hybridized carbons (Fsp3) is 0.455. The van der Waals surface area contributed by atoms with Crippen molar-refractivity contribution in [1.82, 2.24) is 15.2 Å². The molecule has 2 rings (SSSR count). The number of hydrogen-bond donors (Lipinski definition) is 1. The highest BCUT2D eigenvalue weighted by atomic mass is 19.1. The first kappa shape index (κ1) is 21.8. The third-order valence-corrected chi connectivity index (χ3v) is 5.10. The number of likely N-dealkylation sites (N-methyl/N-ethyl adjacent to an activating group) is 1. The molecule has 2 heterocycles. The molecule has 0 aliphatic carbocycles. The number of piperazine rings is 1. The van der Waals surface area contributed by atoms with Crippen LogP contribution in [0.5, 0.6) is 0 Å². The summed E-state index contributed by atoms with van der Waals surface area (Å²) in [5.41, 5.74) is -0.343. The minimum Gasteiger partial charge on any atom is -0.352 e. The van der Waals surface area contributed by atoms with Crippen molar-refractivity contribution >= 4 is 11.7 Å². The summed E-state index contributed by atoms with van der Waals surface area (Å²) in [6.07, 6.45) is 6.60. The standard InChI is InChI=1S/C22H32FN5.H2/c1-7-11-25-21(28-14-12-24-13-15-28)18(5)27(6)20-10-9-19(16-26-20)22(23,8-2)17(3)4;/h7-11,16-17,24H,2,5,12-15H2,1,3-4,6H3;1H/b11-7-,25-21?;. The fourth-order valence-electron chi connectivity index (χ4n) is 3.15. The highest BCUT2D eigenvalue weighted by molar-refractivity contribution is 6.01. The molecular weight excluding hydrogens is 353 g/mol. The molecule has 1 aromatic rings. The molecule has 1 aliphatic rings. The topological polar surface area (TPSA) is 43.8 Å². The summed E-state index contributed by atoms with van der Waals surface area (Å²) in [6.45, 7) is 17.1. The first-order valence-electron chi connectivity index (χ1n) is 9.71. The van der Waals surface area contributed by atoms with Crippen LogP contribution in [-0.4, -0.2) is 48.9 Å². The molecule has 1 aliphatic heterocycles. The predicted octanol–water partition coefficient (Wildman–Crippen LogP) is 4.12. The van der Waals surface area contributed by atoms with E-state index in [9.17, 15) is 0 Å². The van der Waals surface area contributed by atoms with Gasteiger partial charge in [-0.15, -0.1) is 0 Å². The number of nitrogens with one attached hydrogen (secondary N) is 1. The molecule has 0 aromatic carbocycles. The van der Waals surface area contributed by atoms with Crippen molar-refractivity contribution in [3.05, 3.63) is 61.1 Å². The van der Waals surface area contributed by atoms with Gasteiger partial charge < -0.3 is 15.1 Å². The molecule has 1 fully saturated rings. The lowest BCUT2D eigenvalue weighted by Crippen LogP contribution is -2.48. The van der Waals surface area contributed by atoms with Gasteiger partial charge in [0.25, 0.3) is 0 Å². The second-order valence-corrected chi connectivity index (χ2v) is 7.21. The summed E-state index contributed by atoms with van der Waals surface area (Å²) < 4.78 is 15.1. The maximum Gasteiger partial charge on any atom is 0.157 e. The van der Waals surface area contributed by atoms with Crippen LogP contribution in [0.3, 0.4) is 0 Å². The van der Waals surface area contributed by atoms with Gasteiger partial charge in [0.1, 0.15) is 5.82 Å². The molecule has 1 N–H and O–H groups in total. The van der Waals surface area contributed by atoms with Gasteiger partial charge in [0.05, 0.1) is 5.70 Å². The third kappa shape index (κ3) is 4.68. The van der Waals surface area contributed by atoms with E-state index in [0.29, 0.717) is 11.4 Å². The number of halogens is 1. The van der Waals surface area contributed by atoms with E-state index < -0.39 is 5.67 Å². The Balaban J connectivity index is 0.00000420. The number of allylic oxidation sites excluding steroid dienone is 2. The van der Waals surface area contributed by atoms with E-state index in [-0.39, 0.29) is 7.34 Å². The van der Waals surface area contributed by atoms with Gasteiger partial charge in [-0.2, -0.15) is 0 Å². The van der Waals surface area contributed by atoms with Crippen molar-refractivity contribution in [2.24, 2.45) is 10.9 Å². The Morgan fingerprint density at radius 3 is 2.61 bits per heavy atom. The summed E-state index contributed by atoms with van der Waals surface area (Å²) >= 11 is 0. The molecular formula is C22H34FN5. The lowest BCUT2D eigenvalue weighted by molar-refractivity contribution is 0.160. The summed E-state index contributed by atoms with van der Waals surface area (Å²) in [5.74, 6) is 1.28. The zero-order valence-corrected chi connectivity index (χ0v) is 17.5. The van der Waals surface area contributed by atoms with Crippen LogP contribution < -0.4 is 10.2 Å². The molecule has 1 atom stereocenters. The van der Waals surface area contributed by atoms with E-state index >= 15 is 4.39 Å². The zero-order chi connectivity index (χ0) is 20.7. The number of amidine groups is 1. The van der Waals surface area contributed by atoms with E-state index in [2.05, 4.69) is 33.4 Å². The van der Waals surface area contributed by atoms with E-state index in [1.807, 2.05) is 44.9 Å².